The van der Waals surface area contributed by atoms with Crippen LogP contribution in [0.3, 0.4) is 0 Å². The van der Waals surface area contributed by atoms with E-state index in [0.29, 0.717) is 0 Å². The van der Waals surface area contributed by atoms with Crippen LogP contribution in [0.15, 0.2) is 36.4 Å². The Morgan fingerprint density at radius 1 is 0.947 bits per heavy atom. The smallest absolute Gasteiger partial charge is 0.255 e. The van der Waals surface area contributed by atoms with Crippen molar-refractivity contribution in [3.8, 4) is 0 Å². The molecular weight excluding hydrogens is 234 g/mol. The first kappa shape index (κ1) is 13.3. The summed E-state index contributed by atoms with van der Waals surface area (Å²) in [4.78, 5) is 12.3. The topological polar surface area (TPSA) is 29.1 Å². The number of rotatable bonds is 2. The highest BCUT2D eigenvalue weighted by molar-refractivity contribution is 6.05. The Hall–Kier alpha value is -2.09. The van der Waals surface area contributed by atoms with Gasteiger partial charge in [0.15, 0.2) is 0 Å². The largest absolute Gasteiger partial charge is 0.322 e. The molecule has 0 spiro atoms. The van der Waals surface area contributed by atoms with Gasteiger partial charge >= 0.3 is 0 Å². The molecule has 2 heteroatoms. The van der Waals surface area contributed by atoms with Crippen molar-refractivity contribution >= 4 is 11.6 Å². The highest BCUT2D eigenvalue weighted by atomic mass is 16.1. The summed E-state index contributed by atoms with van der Waals surface area (Å²) < 4.78 is 0. The van der Waals surface area contributed by atoms with Gasteiger partial charge < -0.3 is 5.32 Å². The van der Waals surface area contributed by atoms with E-state index in [9.17, 15) is 4.79 Å². The van der Waals surface area contributed by atoms with Crippen molar-refractivity contribution < 1.29 is 4.79 Å². The Bertz CT molecular complexity index is 609. The van der Waals surface area contributed by atoms with Gasteiger partial charge in [0.05, 0.1) is 0 Å². The zero-order chi connectivity index (χ0) is 14.0. The fourth-order valence-electron chi connectivity index (χ4n) is 2.24. The first-order valence-electron chi connectivity index (χ1n) is 6.43. The van der Waals surface area contributed by atoms with Crippen LogP contribution in [0.5, 0.6) is 0 Å². The highest BCUT2D eigenvalue weighted by Gasteiger charge is 2.10. The van der Waals surface area contributed by atoms with Crippen LogP contribution >= 0.6 is 0 Å². The summed E-state index contributed by atoms with van der Waals surface area (Å²) in [5.74, 6) is -0.0498. The van der Waals surface area contributed by atoms with Gasteiger partial charge in [-0.3, -0.25) is 4.79 Å². The molecule has 2 aromatic rings. The predicted octanol–water partition coefficient (Wildman–Crippen LogP) is 4.17. The fraction of sp³-hybridized carbons (Fsp3) is 0.235. The molecule has 98 valence electrons. The number of anilines is 1. The maximum atomic E-state index is 12.3. The summed E-state index contributed by atoms with van der Waals surface area (Å²) in [6.45, 7) is 8.05. The van der Waals surface area contributed by atoms with Gasteiger partial charge in [-0.2, -0.15) is 0 Å². The first-order chi connectivity index (χ1) is 8.97. The molecule has 0 aliphatic rings. The number of aryl methyl sites for hydroxylation is 3. The fourth-order valence-corrected chi connectivity index (χ4v) is 2.24. The van der Waals surface area contributed by atoms with Crippen LogP contribution in [0.25, 0.3) is 0 Å². The Kier molecular flexibility index (Phi) is 3.70. The lowest BCUT2D eigenvalue weighted by atomic mass is 10.0. The number of carbonyl (C=O) groups is 1. The monoisotopic (exact) mass is 253 g/mol. The molecule has 0 unspecified atom stereocenters. The summed E-state index contributed by atoms with van der Waals surface area (Å²) in [5.41, 5.74) is 6.05. The van der Waals surface area contributed by atoms with Crippen molar-refractivity contribution in [1.82, 2.24) is 0 Å². The van der Waals surface area contributed by atoms with Crippen LogP contribution in [0.4, 0.5) is 5.69 Å². The first-order valence-corrected chi connectivity index (χ1v) is 6.43. The van der Waals surface area contributed by atoms with Gasteiger partial charge in [0.2, 0.25) is 0 Å². The summed E-state index contributed by atoms with van der Waals surface area (Å²) >= 11 is 0. The number of benzene rings is 2. The summed E-state index contributed by atoms with van der Waals surface area (Å²) in [7, 11) is 0. The molecule has 0 fully saturated rings. The molecule has 0 aromatic heterocycles. The minimum Gasteiger partial charge on any atom is -0.322 e. The van der Waals surface area contributed by atoms with Gasteiger partial charge in [0.1, 0.15) is 0 Å². The Morgan fingerprint density at radius 3 is 2.21 bits per heavy atom. The van der Waals surface area contributed by atoms with Crippen molar-refractivity contribution in [2.45, 2.75) is 27.7 Å². The van der Waals surface area contributed by atoms with Gasteiger partial charge in [-0.25, -0.2) is 0 Å². The van der Waals surface area contributed by atoms with Gasteiger partial charge in [-0.1, -0.05) is 18.2 Å². The Labute approximate surface area is 114 Å². The lowest BCUT2D eigenvalue weighted by Gasteiger charge is -2.10. The third-order valence-corrected chi connectivity index (χ3v) is 3.33. The number of nitrogens with one attached hydrogen (secondary N) is 1. The summed E-state index contributed by atoms with van der Waals surface area (Å²) in [6.07, 6.45) is 0. The average molecular weight is 253 g/mol. The van der Waals surface area contributed by atoms with Crippen LogP contribution < -0.4 is 5.32 Å². The van der Waals surface area contributed by atoms with E-state index in [-0.39, 0.29) is 5.91 Å². The molecule has 0 saturated carbocycles. The van der Waals surface area contributed by atoms with Gasteiger partial charge in [-0.05, 0) is 68.1 Å². The lowest BCUT2D eigenvalue weighted by Crippen LogP contribution is -2.14. The van der Waals surface area contributed by atoms with Gasteiger partial charge in [-0.15, -0.1) is 0 Å². The van der Waals surface area contributed by atoms with E-state index < -0.39 is 0 Å². The second-order valence-electron chi connectivity index (χ2n) is 5.08. The maximum Gasteiger partial charge on any atom is 0.255 e. The molecule has 1 N–H and O–H groups in total. The van der Waals surface area contributed by atoms with Crippen molar-refractivity contribution in [2.75, 3.05) is 5.32 Å². The molecular formula is C17H19NO. The molecule has 19 heavy (non-hydrogen) atoms. The minimum absolute atomic E-state index is 0.0498. The molecule has 0 atom stereocenters. The van der Waals surface area contributed by atoms with Gasteiger partial charge in [0.25, 0.3) is 5.91 Å². The number of amides is 1. The second kappa shape index (κ2) is 5.27. The lowest BCUT2D eigenvalue weighted by molar-refractivity contribution is 0.102. The molecule has 0 heterocycles. The van der Waals surface area contributed by atoms with E-state index in [1.165, 1.54) is 0 Å². The van der Waals surface area contributed by atoms with Crippen molar-refractivity contribution in [2.24, 2.45) is 0 Å². The molecule has 2 nitrogen and oxygen atoms in total. The molecule has 2 aromatic carbocycles. The normalized spacial score (nSPS) is 10.3. The molecule has 0 radical (unpaired) electrons. The SMILES string of the molecule is Cc1cc(C)cc(NC(=O)c2cccc(C)c2C)c1. The van der Waals surface area contributed by atoms with E-state index in [1.807, 2.05) is 58.0 Å². The van der Waals surface area contributed by atoms with Crippen LogP contribution in [-0.4, -0.2) is 5.91 Å². The van der Waals surface area contributed by atoms with E-state index in [2.05, 4.69) is 11.4 Å². The van der Waals surface area contributed by atoms with Crippen molar-refractivity contribution in [3.63, 3.8) is 0 Å². The van der Waals surface area contributed by atoms with Crippen molar-refractivity contribution in [3.05, 3.63) is 64.2 Å². The third-order valence-electron chi connectivity index (χ3n) is 3.33. The zero-order valence-electron chi connectivity index (χ0n) is 11.9. The standard InChI is InChI=1S/C17H19NO/c1-11-8-12(2)10-15(9-11)18-17(19)16-7-5-6-13(3)14(16)4/h5-10H,1-4H3,(H,18,19). The molecule has 0 saturated heterocycles. The summed E-state index contributed by atoms with van der Waals surface area (Å²) in [5, 5.41) is 2.97. The minimum atomic E-state index is -0.0498. The average Bonchev–Trinajstić information content (AvgIpc) is 2.31. The molecule has 0 aliphatic heterocycles. The van der Waals surface area contributed by atoms with E-state index in [0.717, 1.165) is 33.5 Å². The van der Waals surface area contributed by atoms with Crippen LogP contribution in [-0.2, 0) is 0 Å². The number of hydrogen-bond donors (Lipinski definition) is 1. The van der Waals surface area contributed by atoms with E-state index in [1.54, 1.807) is 0 Å². The second-order valence-corrected chi connectivity index (χ2v) is 5.08. The van der Waals surface area contributed by atoms with E-state index in [4.69, 9.17) is 0 Å². The Balaban J connectivity index is 2.28. The Morgan fingerprint density at radius 2 is 1.58 bits per heavy atom. The van der Waals surface area contributed by atoms with E-state index >= 15 is 0 Å². The number of hydrogen-bond acceptors (Lipinski definition) is 1. The van der Waals surface area contributed by atoms with Crippen LogP contribution in [0.2, 0.25) is 0 Å². The molecule has 1 amide bonds. The summed E-state index contributed by atoms with van der Waals surface area (Å²) in [6, 6.07) is 11.8. The van der Waals surface area contributed by atoms with Crippen LogP contribution in [0, 0.1) is 27.7 Å². The molecule has 2 rings (SSSR count). The maximum absolute atomic E-state index is 12.3. The predicted molar refractivity (Wildman–Crippen MR) is 79.8 cm³/mol. The van der Waals surface area contributed by atoms with Crippen molar-refractivity contribution in [1.29, 1.82) is 0 Å². The van der Waals surface area contributed by atoms with Crippen LogP contribution in [0.1, 0.15) is 32.6 Å². The molecule has 0 bridgehead atoms. The molecule has 0 aliphatic carbocycles. The quantitative estimate of drug-likeness (QED) is 0.855. The van der Waals surface area contributed by atoms with Gasteiger partial charge in [0, 0.05) is 11.3 Å². The zero-order valence-corrected chi connectivity index (χ0v) is 11.9. The highest BCUT2D eigenvalue weighted by Crippen LogP contribution is 2.17. The number of carbonyl (C=O) groups excluding carboxylic acids is 1. The third kappa shape index (κ3) is 3.02.